The number of amides is 3. The molecule has 3 amide bonds. The zero-order chi connectivity index (χ0) is 27.2. The summed E-state index contributed by atoms with van der Waals surface area (Å²) in [6.45, 7) is 9.47. The first-order valence-electron chi connectivity index (χ1n) is 12.1. The maximum atomic E-state index is 13.7. The third-order valence-electron chi connectivity index (χ3n) is 5.51. The molecule has 1 atom stereocenters. The standard InChI is InChI=1S/C28H33ClN4O4/c1-18-10-12-20(13-11-18)17-33(25(35)15-14-24(34)30-23-16-19(2)37-32-23)26(27(36)31-28(3,4)5)21-8-6-7-9-22(21)29/h6-13,16,26H,14-15,17H2,1-5H3,(H,31,36)(H,30,32,34). The Kier molecular flexibility index (Phi) is 9.10. The molecule has 37 heavy (non-hydrogen) atoms. The van der Waals surface area contributed by atoms with Crippen molar-refractivity contribution in [1.29, 1.82) is 0 Å². The van der Waals surface area contributed by atoms with Crippen LogP contribution in [0.1, 0.15) is 62.1 Å². The molecule has 0 spiro atoms. The Morgan fingerprint density at radius 2 is 1.70 bits per heavy atom. The van der Waals surface area contributed by atoms with Crippen LogP contribution in [0.2, 0.25) is 5.02 Å². The fraction of sp³-hybridized carbons (Fsp3) is 0.357. The molecular weight excluding hydrogens is 492 g/mol. The highest BCUT2D eigenvalue weighted by Gasteiger charge is 2.34. The predicted molar refractivity (Wildman–Crippen MR) is 143 cm³/mol. The summed E-state index contributed by atoms with van der Waals surface area (Å²) in [5.41, 5.74) is 1.90. The Balaban J connectivity index is 1.92. The van der Waals surface area contributed by atoms with Crippen LogP contribution in [0.15, 0.2) is 59.1 Å². The van der Waals surface area contributed by atoms with Crippen molar-refractivity contribution >= 4 is 35.1 Å². The van der Waals surface area contributed by atoms with E-state index < -0.39 is 11.6 Å². The Hall–Kier alpha value is -3.65. The molecule has 1 heterocycles. The number of aryl methyl sites for hydroxylation is 2. The molecular formula is C28H33ClN4O4. The molecule has 0 aliphatic heterocycles. The molecule has 8 nitrogen and oxygen atoms in total. The van der Waals surface area contributed by atoms with Crippen LogP contribution in [-0.2, 0) is 20.9 Å². The smallest absolute Gasteiger partial charge is 0.247 e. The van der Waals surface area contributed by atoms with E-state index in [1.54, 1.807) is 37.3 Å². The minimum Gasteiger partial charge on any atom is -0.360 e. The van der Waals surface area contributed by atoms with E-state index in [9.17, 15) is 14.4 Å². The largest absolute Gasteiger partial charge is 0.360 e. The lowest BCUT2D eigenvalue weighted by atomic mass is 10.00. The topological polar surface area (TPSA) is 105 Å². The van der Waals surface area contributed by atoms with Gasteiger partial charge in [-0.1, -0.05) is 64.8 Å². The van der Waals surface area contributed by atoms with Crippen molar-refractivity contribution in [2.45, 2.75) is 65.6 Å². The van der Waals surface area contributed by atoms with E-state index in [1.165, 1.54) is 4.90 Å². The zero-order valence-corrected chi connectivity index (χ0v) is 22.6. The number of nitrogens with zero attached hydrogens (tertiary/aromatic N) is 2. The average molecular weight is 525 g/mol. The van der Waals surface area contributed by atoms with Crippen molar-refractivity contribution in [3.63, 3.8) is 0 Å². The van der Waals surface area contributed by atoms with Crippen LogP contribution >= 0.6 is 11.6 Å². The fourth-order valence-corrected chi connectivity index (χ4v) is 4.03. The highest BCUT2D eigenvalue weighted by Crippen LogP contribution is 2.31. The lowest BCUT2D eigenvalue weighted by Gasteiger charge is -2.34. The molecule has 2 N–H and O–H groups in total. The second kappa shape index (κ2) is 12.1. The van der Waals surface area contributed by atoms with Gasteiger partial charge >= 0.3 is 0 Å². The van der Waals surface area contributed by atoms with Crippen LogP contribution in [0, 0.1) is 13.8 Å². The molecule has 0 saturated carbocycles. The van der Waals surface area contributed by atoms with Gasteiger partial charge in [-0.05, 0) is 46.2 Å². The SMILES string of the molecule is Cc1ccc(CN(C(=O)CCC(=O)Nc2cc(C)on2)C(C(=O)NC(C)(C)C)c2ccccc2Cl)cc1. The molecule has 0 radical (unpaired) electrons. The molecule has 0 fully saturated rings. The molecule has 3 aromatic rings. The lowest BCUT2D eigenvalue weighted by Crippen LogP contribution is -2.49. The molecule has 2 aromatic carbocycles. The molecule has 3 rings (SSSR count). The fourth-order valence-electron chi connectivity index (χ4n) is 3.79. The number of hydrogen-bond acceptors (Lipinski definition) is 5. The molecule has 0 aliphatic rings. The first-order chi connectivity index (χ1) is 17.4. The van der Waals surface area contributed by atoms with Gasteiger partial charge in [-0.3, -0.25) is 14.4 Å². The van der Waals surface area contributed by atoms with E-state index in [0.29, 0.717) is 16.3 Å². The number of carbonyl (C=O) groups is 3. The van der Waals surface area contributed by atoms with Gasteiger partial charge < -0.3 is 20.1 Å². The van der Waals surface area contributed by atoms with Crippen LogP contribution in [0.5, 0.6) is 0 Å². The quantitative estimate of drug-likeness (QED) is 0.392. The molecule has 196 valence electrons. The van der Waals surface area contributed by atoms with Crippen molar-refractivity contribution in [3.05, 3.63) is 82.1 Å². The van der Waals surface area contributed by atoms with Crippen molar-refractivity contribution in [3.8, 4) is 0 Å². The van der Waals surface area contributed by atoms with Crippen molar-refractivity contribution < 1.29 is 18.9 Å². The van der Waals surface area contributed by atoms with Gasteiger partial charge in [0, 0.05) is 41.6 Å². The van der Waals surface area contributed by atoms with Crippen molar-refractivity contribution in [2.24, 2.45) is 0 Å². The minimum absolute atomic E-state index is 0.0920. The van der Waals surface area contributed by atoms with E-state index in [1.807, 2.05) is 52.0 Å². The number of rotatable bonds is 9. The maximum absolute atomic E-state index is 13.7. The summed E-state index contributed by atoms with van der Waals surface area (Å²) in [6.07, 6.45) is -0.205. The average Bonchev–Trinajstić information content (AvgIpc) is 3.22. The summed E-state index contributed by atoms with van der Waals surface area (Å²) in [6, 6.07) is 15.3. The van der Waals surface area contributed by atoms with Gasteiger partial charge in [-0.2, -0.15) is 0 Å². The van der Waals surface area contributed by atoms with Crippen LogP contribution in [0.4, 0.5) is 5.82 Å². The Labute approximate surface area is 222 Å². The van der Waals surface area contributed by atoms with E-state index in [4.69, 9.17) is 16.1 Å². The van der Waals surface area contributed by atoms with Crippen molar-refractivity contribution in [1.82, 2.24) is 15.4 Å². The predicted octanol–water partition coefficient (Wildman–Crippen LogP) is 5.35. The molecule has 0 aliphatic carbocycles. The molecule has 0 bridgehead atoms. The highest BCUT2D eigenvalue weighted by molar-refractivity contribution is 6.31. The highest BCUT2D eigenvalue weighted by atomic mass is 35.5. The summed E-state index contributed by atoms with van der Waals surface area (Å²) in [5.74, 6) is -0.261. The minimum atomic E-state index is -0.997. The molecule has 1 unspecified atom stereocenters. The van der Waals surface area contributed by atoms with E-state index in [2.05, 4.69) is 15.8 Å². The van der Waals surface area contributed by atoms with Crippen LogP contribution in [0.3, 0.4) is 0 Å². The van der Waals surface area contributed by atoms with E-state index in [0.717, 1.165) is 11.1 Å². The van der Waals surface area contributed by atoms with Crippen LogP contribution in [0.25, 0.3) is 0 Å². The second-order valence-corrected chi connectivity index (χ2v) is 10.4. The maximum Gasteiger partial charge on any atom is 0.247 e. The van der Waals surface area contributed by atoms with E-state index >= 15 is 0 Å². The van der Waals surface area contributed by atoms with Gasteiger partial charge in [0.2, 0.25) is 17.7 Å². The van der Waals surface area contributed by atoms with Crippen LogP contribution < -0.4 is 10.6 Å². The van der Waals surface area contributed by atoms with E-state index in [-0.39, 0.29) is 42.9 Å². The first-order valence-corrected chi connectivity index (χ1v) is 12.5. The second-order valence-electron chi connectivity index (χ2n) is 10.0. The van der Waals surface area contributed by atoms with Gasteiger partial charge in [-0.25, -0.2) is 0 Å². The number of anilines is 1. The monoisotopic (exact) mass is 524 g/mol. The van der Waals surface area contributed by atoms with Gasteiger partial charge in [0.05, 0.1) is 0 Å². The molecule has 0 saturated heterocycles. The number of nitrogens with one attached hydrogen (secondary N) is 2. The number of aromatic nitrogens is 1. The normalized spacial score (nSPS) is 12.1. The summed E-state index contributed by atoms with van der Waals surface area (Å²) < 4.78 is 4.96. The van der Waals surface area contributed by atoms with Crippen LogP contribution in [-0.4, -0.2) is 33.3 Å². The number of benzene rings is 2. The summed E-state index contributed by atoms with van der Waals surface area (Å²) >= 11 is 6.53. The Morgan fingerprint density at radius 1 is 1.03 bits per heavy atom. The lowest BCUT2D eigenvalue weighted by molar-refractivity contribution is -0.142. The Morgan fingerprint density at radius 3 is 2.30 bits per heavy atom. The van der Waals surface area contributed by atoms with Gasteiger partial charge in [-0.15, -0.1) is 0 Å². The summed E-state index contributed by atoms with van der Waals surface area (Å²) in [4.78, 5) is 41.3. The number of carbonyl (C=O) groups excluding carboxylic acids is 3. The first kappa shape index (κ1) is 27.9. The molecule has 9 heteroatoms. The zero-order valence-electron chi connectivity index (χ0n) is 21.8. The van der Waals surface area contributed by atoms with Crippen molar-refractivity contribution in [2.75, 3.05) is 5.32 Å². The number of halogens is 1. The summed E-state index contributed by atoms with van der Waals surface area (Å²) in [7, 11) is 0. The number of hydrogen-bond donors (Lipinski definition) is 2. The Bertz CT molecular complexity index is 1250. The molecule has 1 aromatic heterocycles. The summed E-state index contributed by atoms with van der Waals surface area (Å²) in [5, 5.41) is 9.73. The van der Waals surface area contributed by atoms with Gasteiger partial charge in [0.15, 0.2) is 5.82 Å². The third-order valence-corrected chi connectivity index (χ3v) is 5.86. The third kappa shape index (κ3) is 8.18. The van der Waals surface area contributed by atoms with Gasteiger partial charge in [0.25, 0.3) is 0 Å². The van der Waals surface area contributed by atoms with Gasteiger partial charge in [0.1, 0.15) is 11.8 Å².